The number of nitrogens with one attached hydrogen (secondary N) is 2. The maximum Gasteiger partial charge on any atom is 0.303 e. The highest BCUT2D eigenvalue weighted by Crippen LogP contribution is 2.07. The van der Waals surface area contributed by atoms with E-state index in [1.807, 2.05) is 13.8 Å². The number of rotatable bonds is 7. The molecule has 2 N–H and O–H groups in total. The average molecular weight is 246 g/mol. The van der Waals surface area contributed by atoms with Crippen LogP contribution in [0, 0.1) is 0 Å². The van der Waals surface area contributed by atoms with Crippen LogP contribution >= 0.6 is 0 Å². The second-order valence-corrected chi connectivity index (χ2v) is 5.11. The smallest absolute Gasteiger partial charge is 0.303 e. The Morgan fingerprint density at radius 2 is 2.00 bits per heavy atom. The van der Waals surface area contributed by atoms with E-state index in [0.29, 0.717) is 13.1 Å². The molecule has 1 aromatic heterocycles. The molecule has 0 aromatic carbocycles. The van der Waals surface area contributed by atoms with Crippen molar-refractivity contribution in [3.63, 3.8) is 0 Å². The fraction of sp³-hybridized carbons (Fsp3) is 0.667. The number of aromatic nitrogens is 2. The van der Waals surface area contributed by atoms with Gasteiger partial charge < -0.3 is 4.98 Å². The molecule has 0 aliphatic rings. The molecule has 1 heterocycles. The predicted molar refractivity (Wildman–Crippen MR) is 63.3 cm³/mol. The summed E-state index contributed by atoms with van der Waals surface area (Å²) in [6, 6.07) is 0. The zero-order chi connectivity index (χ0) is 12.0. The predicted octanol–water partition coefficient (Wildman–Crippen LogP) is 1.19. The van der Waals surface area contributed by atoms with Gasteiger partial charge in [-0.3, -0.25) is 0 Å². The number of hydrogen-bond donors (Lipinski definition) is 2. The van der Waals surface area contributed by atoms with E-state index >= 15 is 0 Å². The van der Waals surface area contributed by atoms with Gasteiger partial charge in [-0.05, 0) is 12.8 Å². The molecule has 0 saturated carbocycles. The molecule has 0 spiro atoms. The lowest BCUT2D eigenvalue weighted by Gasteiger charge is -2.20. The Kier molecular flexibility index (Phi) is 4.75. The summed E-state index contributed by atoms with van der Waals surface area (Å²) in [5.41, 5.74) is 0. The molecule has 0 radical (unpaired) electrons. The third kappa shape index (κ3) is 3.49. The van der Waals surface area contributed by atoms with Gasteiger partial charge in [0.05, 0.1) is 0 Å². The highest BCUT2D eigenvalue weighted by molar-refractivity contribution is 7.90. The monoisotopic (exact) mass is 246 g/mol. The van der Waals surface area contributed by atoms with E-state index in [1.54, 1.807) is 6.20 Å². The zero-order valence-electron chi connectivity index (χ0n) is 9.60. The summed E-state index contributed by atoms with van der Waals surface area (Å²) in [7, 11) is -3.48. The van der Waals surface area contributed by atoms with Crippen molar-refractivity contribution < 1.29 is 8.42 Å². The van der Waals surface area contributed by atoms with Gasteiger partial charge in [0.15, 0.2) is 0 Å². The first-order valence-electron chi connectivity index (χ1n) is 5.37. The Balaban J connectivity index is 2.73. The van der Waals surface area contributed by atoms with Crippen LogP contribution in [0.2, 0.25) is 0 Å². The Labute approximate surface area is 96.3 Å². The van der Waals surface area contributed by atoms with Gasteiger partial charge in [-0.15, -0.1) is 0 Å². The second kappa shape index (κ2) is 5.86. The van der Waals surface area contributed by atoms with E-state index in [9.17, 15) is 8.42 Å². The molecule has 7 heteroatoms. The summed E-state index contributed by atoms with van der Waals surface area (Å²) < 4.78 is 27.7. The normalized spacial score (nSPS) is 11.9. The highest BCUT2D eigenvalue weighted by Gasteiger charge is 2.20. The molecule has 1 aromatic rings. The van der Waals surface area contributed by atoms with E-state index < -0.39 is 10.2 Å². The van der Waals surface area contributed by atoms with Crippen molar-refractivity contribution in [1.82, 2.24) is 14.3 Å². The van der Waals surface area contributed by atoms with Crippen LogP contribution in [0.4, 0.5) is 5.95 Å². The standard InChI is InChI=1S/C9H18N4O2S/c1-3-7-13(8-4-2)16(14,15)12-9-10-5-6-11-9/h5-6H,3-4,7-8H2,1-2H3,(H2,10,11,12). The first kappa shape index (κ1) is 13.0. The van der Waals surface area contributed by atoms with Gasteiger partial charge >= 0.3 is 10.2 Å². The number of hydrogen-bond acceptors (Lipinski definition) is 3. The molecule has 6 nitrogen and oxygen atoms in total. The van der Waals surface area contributed by atoms with Crippen LogP contribution in [0.15, 0.2) is 12.4 Å². The lowest BCUT2D eigenvalue weighted by Crippen LogP contribution is -2.37. The van der Waals surface area contributed by atoms with Crippen LogP contribution < -0.4 is 4.72 Å². The zero-order valence-corrected chi connectivity index (χ0v) is 10.4. The largest absolute Gasteiger partial charge is 0.330 e. The van der Waals surface area contributed by atoms with Gasteiger partial charge in [0.1, 0.15) is 0 Å². The number of anilines is 1. The van der Waals surface area contributed by atoms with Crippen molar-refractivity contribution in [3.8, 4) is 0 Å². The summed E-state index contributed by atoms with van der Waals surface area (Å²) in [5.74, 6) is 0.247. The van der Waals surface area contributed by atoms with E-state index in [0.717, 1.165) is 12.8 Å². The first-order chi connectivity index (χ1) is 7.60. The summed E-state index contributed by atoms with van der Waals surface area (Å²) >= 11 is 0. The molecule has 0 saturated heterocycles. The Hall–Kier alpha value is -1.08. The fourth-order valence-electron chi connectivity index (χ4n) is 1.36. The van der Waals surface area contributed by atoms with Crippen LogP contribution in [0.25, 0.3) is 0 Å². The van der Waals surface area contributed by atoms with Crippen molar-refractivity contribution in [2.24, 2.45) is 0 Å². The minimum atomic E-state index is -3.48. The van der Waals surface area contributed by atoms with Gasteiger partial charge in [-0.1, -0.05) is 13.8 Å². The molecule has 92 valence electrons. The molecule has 0 atom stereocenters. The van der Waals surface area contributed by atoms with E-state index in [1.165, 1.54) is 10.5 Å². The minimum Gasteiger partial charge on any atom is -0.330 e. The van der Waals surface area contributed by atoms with Crippen molar-refractivity contribution in [2.75, 3.05) is 17.8 Å². The van der Waals surface area contributed by atoms with Gasteiger partial charge in [-0.25, -0.2) is 9.71 Å². The van der Waals surface area contributed by atoms with Crippen LogP contribution in [0.5, 0.6) is 0 Å². The van der Waals surface area contributed by atoms with Gasteiger partial charge in [0, 0.05) is 25.5 Å². The topological polar surface area (TPSA) is 78.1 Å². The molecule has 16 heavy (non-hydrogen) atoms. The maximum absolute atomic E-state index is 11.9. The molecular formula is C9H18N4O2S. The second-order valence-electron chi connectivity index (χ2n) is 3.44. The SMILES string of the molecule is CCCN(CCC)S(=O)(=O)Nc1ncc[nH]1. The van der Waals surface area contributed by atoms with Crippen LogP contribution in [-0.4, -0.2) is 35.8 Å². The number of imidazole rings is 1. The Bertz CT molecular complexity index is 382. The summed E-state index contributed by atoms with van der Waals surface area (Å²) in [6.07, 6.45) is 4.65. The molecule has 1 rings (SSSR count). The van der Waals surface area contributed by atoms with Crippen LogP contribution in [-0.2, 0) is 10.2 Å². The molecule has 0 amide bonds. The lowest BCUT2D eigenvalue weighted by atomic mass is 10.4. The van der Waals surface area contributed by atoms with E-state index in [4.69, 9.17) is 0 Å². The summed E-state index contributed by atoms with van der Waals surface area (Å²) in [4.78, 5) is 6.54. The molecule has 0 aliphatic carbocycles. The van der Waals surface area contributed by atoms with Gasteiger partial charge in [0.25, 0.3) is 0 Å². The van der Waals surface area contributed by atoms with E-state index in [2.05, 4.69) is 14.7 Å². The van der Waals surface area contributed by atoms with Gasteiger partial charge in [-0.2, -0.15) is 12.7 Å². The first-order valence-corrected chi connectivity index (χ1v) is 6.81. The number of nitrogens with zero attached hydrogens (tertiary/aromatic N) is 2. The molecule has 0 aliphatic heterocycles. The Morgan fingerprint density at radius 1 is 1.38 bits per heavy atom. The van der Waals surface area contributed by atoms with E-state index in [-0.39, 0.29) is 5.95 Å². The van der Waals surface area contributed by atoms with Crippen molar-refractivity contribution in [3.05, 3.63) is 12.4 Å². The summed E-state index contributed by atoms with van der Waals surface area (Å²) in [5, 5.41) is 0. The molecule has 0 unspecified atom stereocenters. The van der Waals surface area contributed by atoms with Crippen molar-refractivity contribution >= 4 is 16.2 Å². The fourth-order valence-corrected chi connectivity index (χ4v) is 2.69. The average Bonchev–Trinajstić information content (AvgIpc) is 2.69. The maximum atomic E-state index is 11.9. The molecular weight excluding hydrogens is 228 g/mol. The van der Waals surface area contributed by atoms with Crippen LogP contribution in [0.1, 0.15) is 26.7 Å². The third-order valence-electron chi connectivity index (χ3n) is 2.01. The lowest BCUT2D eigenvalue weighted by molar-refractivity contribution is 0.413. The summed E-state index contributed by atoms with van der Waals surface area (Å²) in [6.45, 7) is 4.93. The highest BCUT2D eigenvalue weighted by atomic mass is 32.2. The number of aromatic amines is 1. The molecule has 0 bridgehead atoms. The van der Waals surface area contributed by atoms with Gasteiger partial charge in [0.2, 0.25) is 5.95 Å². The number of H-pyrrole nitrogens is 1. The quantitative estimate of drug-likeness (QED) is 0.758. The minimum absolute atomic E-state index is 0.247. The molecule has 0 fully saturated rings. The van der Waals surface area contributed by atoms with Crippen molar-refractivity contribution in [2.45, 2.75) is 26.7 Å². The third-order valence-corrected chi connectivity index (χ3v) is 3.51. The van der Waals surface area contributed by atoms with Crippen molar-refractivity contribution in [1.29, 1.82) is 0 Å². The Morgan fingerprint density at radius 3 is 2.44 bits per heavy atom. The van der Waals surface area contributed by atoms with Crippen LogP contribution in [0.3, 0.4) is 0 Å².